The van der Waals surface area contributed by atoms with E-state index in [2.05, 4.69) is 15.8 Å². The molecule has 0 aliphatic heterocycles. The number of nitrogens with one attached hydrogen (secondary N) is 2. The fourth-order valence-corrected chi connectivity index (χ4v) is 4.70. The topological polar surface area (TPSA) is 102 Å². The Morgan fingerprint density at radius 3 is 2.33 bits per heavy atom. The van der Waals surface area contributed by atoms with Crippen molar-refractivity contribution in [1.29, 1.82) is 0 Å². The maximum absolute atomic E-state index is 13.2. The maximum Gasteiger partial charge on any atom is 0.291 e. The molecule has 0 spiro atoms. The van der Waals surface area contributed by atoms with Crippen LogP contribution in [0, 0.1) is 6.92 Å². The third-order valence-electron chi connectivity index (χ3n) is 6.74. The number of anilines is 1. The zero-order chi connectivity index (χ0) is 27.4. The van der Waals surface area contributed by atoms with Gasteiger partial charge in [-0.15, -0.1) is 0 Å². The van der Waals surface area contributed by atoms with Gasteiger partial charge in [0.15, 0.2) is 5.76 Å². The molecule has 3 aromatic carbocycles. The molecule has 0 saturated carbocycles. The third kappa shape index (κ3) is 5.40. The van der Waals surface area contributed by atoms with E-state index in [-0.39, 0.29) is 11.7 Å². The molecule has 4 aromatic rings. The largest absolute Gasteiger partial charge is 0.497 e. The summed E-state index contributed by atoms with van der Waals surface area (Å²) in [5.41, 5.74) is 7.93. The zero-order valence-electron chi connectivity index (χ0n) is 22.0. The van der Waals surface area contributed by atoms with Crippen molar-refractivity contribution in [2.45, 2.75) is 26.2 Å². The lowest BCUT2D eigenvalue weighted by Gasteiger charge is -2.13. The van der Waals surface area contributed by atoms with Crippen LogP contribution in [-0.2, 0) is 6.42 Å². The van der Waals surface area contributed by atoms with Crippen LogP contribution in [0.1, 0.15) is 50.6 Å². The van der Waals surface area contributed by atoms with Crippen LogP contribution in [-0.4, -0.2) is 31.7 Å². The number of carbonyl (C=O) groups is 2. The molecule has 0 bridgehead atoms. The van der Waals surface area contributed by atoms with Crippen molar-refractivity contribution < 1.29 is 23.5 Å². The smallest absolute Gasteiger partial charge is 0.291 e. The average molecular weight is 524 g/mol. The summed E-state index contributed by atoms with van der Waals surface area (Å²) in [7, 11) is 3.09. The number of hydrogen-bond acceptors (Lipinski definition) is 6. The summed E-state index contributed by atoms with van der Waals surface area (Å²) in [6.07, 6.45) is 2.14. The fourth-order valence-electron chi connectivity index (χ4n) is 4.70. The summed E-state index contributed by atoms with van der Waals surface area (Å²) < 4.78 is 16.6. The molecule has 0 atom stereocenters. The average Bonchev–Trinajstić information content (AvgIpc) is 3.33. The highest BCUT2D eigenvalue weighted by Crippen LogP contribution is 2.33. The highest BCUT2D eigenvalue weighted by atomic mass is 16.5. The molecule has 2 N–H and O–H groups in total. The zero-order valence-corrected chi connectivity index (χ0v) is 22.0. The van der Waals surface area contributed by atoms with Gasteiger partial charge in [-0.2, -0.15) is 5.10 Å². The van der Waals surface area contributed by atoms with Crippen LogP contribution in [0.25, 0.3) is 11.1 Å². The summed E-state index contributed by atoms with van der Waals surface area (Å²) in [5.74, 6) is 1.27. The minimum absolute atomic E-state index is 0.204. The van der Waals surface area contributed by atoms with Crippen LogP contribution in [0.3, 0.4) is 0 Å². The number of aryl methyl sites for hydroxylation is 1. The molecule has 1 aliphatic carbocycles. The van der Waals surface area contributed by atoms with Gasteiger partial charge < -0.3 is 19.2 Å². The number of furan rings is 1. The molecular formula is C31H29N3O5. The van der Waals surface area contributed by atoms with Crippen molar-refractivity contribution in [1.82, 2.24) is 5.43 Å². The number of fused-ring (bicyclic) bond motifs is 1. The van der Waals surface area contributed by atoms with E-state index in [4.69, 9.17) is 13.9 Å². The molecule has 8 heteroatoms. The quantitative estimate of drug-likeness (QED) is 0.290. The first-order chi connectivity index (χ1) is 19.0. The number of methoxy groups -OCH3 is 2. The molecule has 0 fully saturated rings. The summed E-state index contributed by atoms with van der Waals surface area (Å²) in [6.45, 7) is 1.83. The van der Waals surface area contributed by atoms with E-state index in [0.29, 0.717) is 52.6 Å². The third-order valence-corrected chi connectivity index (χ3v) is 6.74. The Bertz CT molecular complexity index is 1540. The Balaban J connectivity index is 1.33. The molecule has 1 heterocycles. The van der Waals surface area contributed by atoms with Crippen molar-refractivity contribution in [3.05, 3.63) is 101 Å². The second kappa shape index (κ2) is 11.3. The molecule has 2 amide bonds. The second-order valence-electron chi connectivity index (χ2n) is 9.17. The number of carbonyl (C=O) groups excluding carboxylic acids is 2. The van der Waals surface area contributed by atoms with Gasteiger partial charge >= 0.3 is 0 Å². The first-order valence-corrected chi connectivity index (χ1v) is 12.7. The molecule has 0 unspecified atom stereocenters. The van der Waals surface area contributed by atoms with Gasteiger partial charge in [-0.25, -0.2) is 5.43 Å². The highest BCUT2D eigenvalue weighted by Gasteiger charge is 2.28. The summed E-state index contributed by atoms with van der Waals surface area (Å²) in [5, 5.41) is 7.30. The number of benzene rings is 3. The van der Waals surface area contributed by atoms with Crippen molar-refractivity contribution in [3.8, 4) is 22.6 Å². The van der Waals surface area contributed by atoms with Gasteiger partial charge in [0.1, 0.15) is 17.3 Å². The van der Waals surface area contributed by atoms with Crippen LogP contribution in [0.2, 0.25) is 0 Å². The molecule has 8 nitrogen and oxygen atoms in total. The van der Waals surface area contributed by atoms with E-state index in [1.807, 2.05) is 49.4 Å². The number of ether oxygens (including phenoxy) is 2. The Morgan fingerprint density at radius 2 is 1.62 bits per heavy atom. The Labute approximate surface area is 226 Å². The van der Waals surface area contributed by atoms with Crippen LogP contribution in [0.4, 0.5) is 5.69 Å². The highest BCUT2D eigenvalue weighted by molar-refractivity contribution is 6.10. The van der Waals surface area contributed by atoms with Crippen molar-refractivity contribution in [2.24, 2.45) is 5.10 Å². The van der Waals surface area contributed by atoms with Gasteiger partial charge in [0, 0.05) is 29.2 Å². The summed E-state index contributed by atoms with van der Waals surface area (Å²) >= 11 is 0. The SMILES string of the molecule is COc1ccc(NC(=O)c2oc3c(c2C)/C(=N/NC(=O)c2ccc(-c4ccccc4)cc2)CCC3)c(OC)c1. The van der Waals surface area contributed by atoms with Gasteiger partial charge in [-0.05, 0) is 55.2 Å². The predicted molar refractivity (Wildman–Crippen MR) is 150 cm³/mol. The molecule has 0 saturated heterocycles. The van der Waals surface area contributed by atoms with E-state index in [1.54, 1.807) is 37.4 Å². The lowest BCUT2D eigenvalue weighted by atomic mass is 9.93. The Morgan fingerprint density at radius 1 is 0.872 bits per heavy atom. The molecule has 0 radical (unpaired) electrons. The molecule has 5 rings (SSSR count). The van der Waals surface area contributed by atoms with Crippen LogP contribution < -0.4 is 20.2 Å². The van der Waals surface area contributed by atoms with Crippen LogP contribution >= 0.6 is 0 Å². The fraction of sp³-hybridized carbons (Fsp3) is 0.194. The van der Waals surface area contributed by atoms with E-state index in [0.717, 1.165) is 23.1 Å². The van der Waals surface area contributed by atoms with E-state index >= 15 is 0 Å². The number of hydrogen-bond donors (Lipinski definition) is 2. The van der Waals surface area contributed by atoms with Crippen molar-refractivity contribution in [3.63, 3.8) is 0 Å². The van der Waals surface area contributed by atoms with Crippen LogP contribution in [0.5, 0.6) is 11.5 Å². The predicted octanol–water partition coefficient (Wildman–Crippen LogP) is 5.99. The van der Waals surface area contributed by atoms with Gasteiger partial charge in [0.05, 0.1) is 25.6 Å². The molecule has 39 heavy (non-hydrogen) atoms. The van der Waals surface area contributed by atoms with Gasteiger partial charge in [0.25, 0.3) is 11.8 Å². The summed E-state index contributed by atoms with van der Waals surface area (Å²) in [6, 6.07) is 22.5. The van der Waals surface area contributed by atoms with Gasteiger partial charge in [-0.1, -0.05) is 42.5 Å². The Kier molecular flexibility index (Phi) is 7.45. The maximum atomic E-state index is 13.2. The minimum atomic E-state index is -0.396. The molecule has 1 aromatic heterocycles. The lowest BCUT2D eigenvalue weighted by Crippen LogP contribution is -2.22. The number of amides is 2. The van der Waals surface area contributed by atoms with E-state index in [9.17, 15) is 9.59 Å². The number of hydrazone groups is 1. The van der Waals surface area contributed by atoms with E-state index in [1.165, 1.54) is 7.11 Å². The van der Waals surface area contributed by atoms with Gasteiger partial charge in [0.2, 0.25) is 0 Å². The van der Waals surface area contributed by atoms with Crippen molar-refractivity contribution in [2.75, 3.05) is 19.5 Å². The van der Waals surface area contributed by atoms with Crippen molar-refractivity contribution >= 4 is 23.2 Å². The first kappa shape index (κ1) is 25.8. The molecular weight excluding hydrogens is 494 g/mol. The van der Waals surface area contributed by atoms with E-state index < -0.39 is 5.91 Å². The monoisotopic (exact) mass is 523 g/mol. The minimum Gasteiger partial charge on any atom is -0.497 e. The first-order valence-electron chi connectivity index (χ1n) is 12.7. The lowest BCUT2D eigenvalue weighted by molar-refractivity contribution is 0.0953. The molecule has 1 aliphatic rings. The molecule has 198 valence electrons. The second-order valence-corrected chi connectivity index (χ2v) is 9.17. The van der Waals surface area contributed by atoms with Gasteiger partial charge in [-0.3, -0.25) is 9.59 Å². The standard InChI is InChI=1S/C31H29N3O5/c1-19-28-25(33-34-30(35)22-14-12-21(13-15-22)20-8-5-4-6-9-20)10-7-11-26(28)39-29(19)31(36)32-24-17-16-23(37-2)18-27(24)38-3/h4-6,8-9,12-18H,7,10-11H2,1-3H3,(H,32,36)(H,34,35)/b33-25+. The number of rotatable bonds is 7. The number of nitrogens with zero attached hydrogens (tertiary/aromatic N) is 1. The Hall–Kier alpha value is -4.85. The van der Waals surface area contributed by atoms with Crippen LogP contribution in [0.15, 0.2) is 82.3 Å². The normalized spacial score (nSPS) is 13.5. The summed E-state index contributed by atoms with van der Waals surface area (Å²) in [4.78, 5) is 26.0.